The number of amides is 2. The summed E-state index contributed by atoms with van der Waals surface area (Å²) in [6.07, 6.45) is 0. The highest BCUT2D eigenvalue weighted by atomic mass is 19.1. The third-order valence-corrected chi connectivity index (χ3v) is 4.61. The van der Waals surface area contributed by atoms with Gasteiger partial charge in [0.25, 0.3) is 0 Å². The van der Waals surface area contributed by atoms with Gasteiger partial charge in [-0.1, -0.05) is 12.1 Å². The number of hydrogen-bond acceptors (Lipinski definition) is 4. The smallest absolute Gasteiger partial charge is 0.317 e. The van der Waals surface area contributed by atoms with Crippen molar-refractivity contribution in [1.29, 1.82) is 5.26 Å². The standard InChI is InChI=1S/C21H23FN4O2/c22-19-5-7-20(8-6-19)28-14-9-24-21(27)26-12-10-25(11-13-26)16-18-3-1-17(15-23)2-4-18/h1-8H,9-14,16H2,(H,24,27). The van der Waals surface area contributed by atoms with Gasteiger partial charge in [-0.05, 0) is 42.0 Å². The Labute approximate surface area is 164 Å². The van der Waals surface area contributed by atoms with Crippen molar-refractivity contribution in [2.24, 2.45) is 0 Å². The van der Waals surface area contributed by atoms with Crippen LogP contribution in [-0.2, 0) is 6.54 Å². The molecule has 7 heteroatoms. The van der Waals surface area contributed by atoms with E-state index in [1.807, 2.05) is 24.3 Å². The van der Waals surface area contributed by atoms with E-state index in [2.05, 4.69) is 16.3 Å². The lowest BCUT2D eigenvalue weighted by Gasteiger charge is -2.34. The maximum absolute atomic E-state index is 12.8. The number of nitriles is 1. The second-order valence-corrected chi connectivity index (χ2v) is 6.61. The molecule has 2 amide bonds. The van der Waals surface area contributed by atoms with E-state index in [9.17, 15) is 9.18 Å². The van der Waals surface area contributed by atoms with Crippen molar-refractivity contribution in [2.75, 3.05) is 39.3 Å². The van der Waals surface area contributed by atoms with Gasteiger partial charge in [-0.2, -0.15) is 5.26 Å². The van der Waals surface area contributed by atoms with Crippen LogP contribution in [0.3, 0.4) is 0 Å². The summed E-state index contributed by atoms with van der Waals surface area (Å²) in [6, 6.07) is 15.4. The molecule has 1 aliphatic heterocycles. The molecule has 146 valence electrons. The van der Waals surface area contributed by atoms with E-state index >= 15 is 0 Å². The lowest BCUT2D eigenvalue weighted by molar-refractivity contribution is 0.134. The Morgan fingerprint density at radius 1 is 1.07 bits per heavy atom. The minimum absolute atomic E-state index is 0.0965. The van der Waals surface area contributed by atoms with Crippen LogP contribution in [0.15, 0.2) is 48.5 Å². The van der Waals surface area contributed by atoms with Crippen LogP contribution in [0.1, 0.15) is 11.1 Å². The minimum Gasteiger partial charge on any atom is -0.492 e. The first-order chi connectivity index (χ1) is 13.6. The van der Waals surface area contributed by atoms with E-state index in [0.717, 1.165) is 25.2 Å². The SMILES string of the molecule is N#Cc1ccc(CN2CCN(C(=O)NCCOc3ccc(F)cc3)CC2)cc1. The number of benzene rings is 2. The maximum atomic E-state index is 12.8. The molecular weight excluding hydrogens is 359 g/mol. The van der Waals surface area contributed by atoms with Crippen molar-refractivity contribution in [3.8, 4) is 11.8 Å². The van der Waals surface area contributed by atoms with Crippen LogP contribution in [0.4, 0.5) is 9.18 Å². The zero-order chi connectivity index (χ0) is 19.8. The van der Waals surface area contributed by atoms with Gasteiger partial charge in [0.1, 0.15) is 18.2 Å². The molecule has 3 rings (SSSR count). The van der Waals surface area contributed by atoms with Gasteiger partial charge < -0.3 is 15.0 Å². The molecule has 1 fully saturated rings. The van der Waals surface area contributed by atoms with Crippen molar-refractivity contribution < 1.29 is 13.9 Å². The summed E-state index contributed by atoms with van der Waals surface area (Å²) in [6.45, 7) is 4.48. The first-order valence-electron chi connectivity index (χ1n) is 9.26. The average molecular weight is 382 g/mol. The third kappa shape index (κ3) is 5.69. The number of rotatable bonds is 6. The highest BCUT2D eigenvalue weighted by molar-refractivity contribution is 5.74. The minimum atomic E-state index is -0.307. The number of nitrogens with one attached hydrogen (secondary N) is 1. The Kier molecular flexibility index (Phi) is 6.82. The summed E-state index contributed by atoms with van der Waals surface area (Å²) in [5.74, 6) is 0.269. The van der Waals surface area contributed by atoms with Crippen LogP contribution in [0.5, 0.6) is 5.75 Å². The first kappa shape index (κ1) is 19.6. The Bertz CT molecular complexity index is 810. The molecule has 0 radical (unpaired) electrons. The Balaban J connectivity index is 1.34. The fraction of sp³-hybridized carbons (Fsp3) is 0.333. The third-order valence-electron chi connectivity index (χ3n) is 4.61. The van der Waals surface area contributed by atoms with Gasteiger partial charge in [0.15, 0.2) is 0 Å². The van der Waals surface area contributed by atoms with Gasteiger partial charge >= 0.3 is 6.03 Å². The summed E-state index contributed by atoms with van der Waals surface area (Å²) in [5, 5.41) is 11.7. The molecule has 1 saturated heterocycles. The van der Waals surface area contributed by atoms with E-state index < -0.39 is 0 Å². The molecule has 1 N–H and O–H groups in total. The summed E-state index contributed by atoms with van der Waals surface area (Å²) >= 11 is 0. The molecule has 0 bridgehead atoms. The number of nitrogens with zero attached hydrogens (tertiary/aromatic N) is 3. The molecule has 0 spiro atoms. The van der Waals surface area contributed by atoms with E-state index in [0.29, 0.717) is 37.6 Å². The van der Waals surface area contributed by atoms with Crippen molar-refractivity contribution in [3.63, 3.8) is 0 Å². The Hall–Kier alpha value is -3.11. The molecule has 0 atom stereocenters. The number of ether oxygens (including phenoxy) is 1. The van der Waals surface area contributed by atoms with Crippen molar-refractivity contribution in [1.82, 2.24) is 15.1 Å². The van der Waals surface area contributed by atoms with Gasteiger partial charge in [0, 0.05) is 32.7 Å². The van der Waals surface area contributed by atoms with Crippen LogP contribution in [-0.4, -0.2) is 55.2 Å². The molecule has 1 aliphatic rings. The van der Waals surface area contributed by atoms with E-state index in [-0.39, 0.29) is 11.8 Å². The number of carbonyl (C=O) groups excluding carboxylic acids is 1. The molecule has 6 nitrogen and oxygen atoms in total. The number of carbonyl (C=O) groups is 1. The molecule has 0 saturated carbocycles. The molecule has 28 heavy (non-hydrogen) atoms. The molecular formula is C21H23FN4O2. The van der Waals surface area contributed by atoms with Gasteiger partial charge in [0.2, 0.25) is 0 Å². The van der Waals surface area contributed by atoms with E-state index in [1.165, 1.54) is 12.1 Å². The number of hydrogen-bond donors (Lipinski definition) is 1. The molecule has 0 unspecified atom stereocenters. The topological polar surface area (TPSA) is 68.6 Å². The van der Waals surface area contributed by atoms with Crippen LogP contribution in [0, 0.1) is 17.1 Å². The van der Waals surface area contributed by atoms with Gasteiger partial charge in [-0.15, -0.1) is 0 Å². The largest absolute Gasteiger partial charge is 0.492 e. The summed E-state index contributed by atoms with van der Waals surface area (Å²) < 4.78 is 18.3. The Morgan fingerprint density at radius 3 is 2.39 bits per heavy atom. The van der Waals surface area contributed by atoms with Gasteiger partial charge in [-0.3, -0.25) is 4.90 Å². The fourth-order valence-corrected chi connectivity index (χ4v) is 3.02. The first-order valence-corrected chi connectivity index (χ1v) is 9.26. The van der Waals surface area contributed by atoms with Crippen LogP contribution in [0.25, 0.3) is 0 Å². The van der Waals surface area contributed by atoms with Gasteiger partial charge in [0.05, 0.1) is 18.2 Å². The quantitative estimate of drug-likeness (QED) is 0.780. The van der Waals surface area contributed by atoms with E-state index in [1.54, 1.807) is 17.0 Å². The van der Waals surface area contributed by atoms with Crippen LogP contribution in [0.2, 0.25) is 0 Å². The monoisotopic (exact) mass is 382 g/mol. The highest BCUT2D eigenvalue weighted by Crippen LogP contribution is 2.11. The summed E-state index contributed by atoms with van der Waals surface area (Å²) in [5.41, 5.74) is 1.82. The second-order valence-electron chi connectivity index (χ2n) is 6.61. The predicted molar refractivity (Wildman–Crippen MR) is 103 cm³/mol. The Morgan fingerprint density at radius 2 is 1.75 bits per heavy atom. The summed E-state index contributed by atoms with van der Waals surface area (Å²) in [4.78, 5) is 16.3. The van der Waals surface area contributed by atoms with E-state index in [4.69, 9.17) is 10.00 Å². The predicted octanol–water partition coefficient (Wildman–Crippen LogP) is 2.60. The van der Waals surface area contributed by atoms with Crippen LogP contribution < -0.4 is 10.1 Å². The number of urea groups is 1. The normalized spacial score (nSPS) is 14.4. The van der Waals surface area contributed by atoms with Crippen molar-refractivity contribution in [2.45, 2.75) is 6.54 Å². The van der Waals surface area contributed by atoms with Gasteiger partial charge in [-0.25, -0.2) is 9.18 Å². The molecule has 0 aliphatic carbocycles. The highest BCUT2D eigenvalue weighted by Gasteiger charge is 2.20. The molecule has 0 aromatic heterocycles. The van der Waals surface area contributed by atoms with Crippen LogP contribution >= 0.6 is 0 Å². The maximum Gasteiger partial charge on any atom is 0.317 e. The zero-order valence-electron chi connectivity index (χ0n) is 15.6. The number of halogens is 1. The molecule has 1 heterocycles. The average Bonchev–Trinajstić information content (AvgIpc) is 2.73. The molecule has 2 aromatic carbocycles. The van der Waals surface area contributed by atoms with Crippen molar-refractivity contribution in [3.05, 3.63) is 65.5 Å². The summed E-state index contributed by atoms with van der Waals surface area (Å²) in [7, 11) is 0. The van der Waals surface area contributed by atoms with Crippen molar-refractivity contribution >= 4 is 6.03 Å². The second kappa shape index (κ2) is 9.72. The molecule has 2 aromatic rings. The lowest BCUT2D eigenvalue weighted by Crippen LogP contribution is -2.51. The fourth-order valence-electron chi connectivity index (χ4n) is 3.02. The number of piperazine rings is 1. The lowest BCUT2D eigenvalue weighted by atomic mass is 10.1. The zero-order valence-corrected chi connectivity index (χ0v) is 15.6.